The van der Waals surface area contributed by atoms with E-state index in [0.717, 1.165) is 5.69 Å². The number of benzene rings is 2. The van der Waals surface area contributed by atoms with E-state index in [1.807, 2.05) is 30.3 Å². The van der Waals surface area contributed by atoms with Crippen molar-refractivity contribution in [3.63, 3.8) is 0 Å². The van der Waals surface area contributed by atoms with Gasteiger partial charge in [-0.15, -0.1) is 0 Å². The maximum atomic E-state index is 12.5. The van der Waals surface area contributed by atoms with Gasteiger partial charge >= 0.3 is 0 Å². The SMILES string of the molecule is CSC(C)c1cccc(NC(=O)c2ccc(Oc3cccnc3)cc2)c1. The molecule has 1 unspecified atom stereocenters. The lowest BCUT2D eigenvalue weighted by Crippen LogP contribution is -2.11. The van der Waals surface area contributed by atoms with Crippen LogP contribution in [-0.4, -0.2) is 17.1 Å². The summed E-state index contributed by atoms with van der Waals surface area (Å²) in [6.07, 6.45) is 5.41. The quantitative estimate of drug-likeness (QED) is 0.623. The molecule has 1 amide bonds. The van der Waals surface area contributed by atoms with Crippen LogP contribution in [0.1, 0.15) is 28.1 Å². The van der Waals surface area contributed by atoms with E-state index < -0.39 is 0 Å². The fourth-order valence-corrected chi connectivity index (χ4v) is 2.85. The van der Waals surface area contributed by atoms with Gasteiger partial charge < -0.3 is 10.1 Å². The van der Waals surface area contributed by atoms with Crippen molar-refractivity contribution in [2.45, 2.75) is 12.2 Å². The number of hydrogen-bond donors (Lipinski definition) is 1. The molecule has 4 nitrogen and oxygen atoms in total. The third kappa shape index (κ3) is 4.64. The Kier molecular flexibility index (Phi) is 5.92. The minimum atomic E-state index is -0.146. The summed E-state index contributed by atoms with van der Waals surface area (Å²) in [6, 6.07) is 18.6. The highest BCUT2D eigenvalue weighted by Gasteiger charge is 2.09. The minimum Gasteiger partial charge on any atom is -0.456 e. The average molecular weight is 364 g/mol. The van der Waals surface area contributed by atoms with Gasteiger partial charge in [0.15, 0.2) is 0 Å². The van der Waals surface area contributed by atoms with Crippen LogP contribution in [0.15, 0.2) is 73.1 Å². The van der Waals surface area contributed by atoms with Crippen molar-refractivity contribution in [3.05, 3.63) is 84.2 Å². The number of ether oxygens (including phenoxy) is 1. The summed E-state index contributed by atoms with van der Waals surface area (Å²) in [4.78, 5) is 16.5. The maximum absolute atomic E-state index is 12.5. The molecule has 0 aliphatic heterocycles. The van der Waals surface area contributed by atoms with Crippen LogP contribution < -0.4 is 10.1 Å². The minimum absolute atomic E-state index is 0.146. The van der Waals surface area contributed by atoms with Crippen LogP contribution in [-0.2, 0) is 0 Å². The van der Waals surface area contributed by atoms with Crippen LogP contribution in [0.4, 0.5) is 5.69 Å². The van der Waals surface area contributed by atoms with Crippen molar-refractivity contribution in [2.24, 2.45) is 0 Å². The number of hydrogen-bond acceptors (Lipinski definition) is 4. The van der Waals surface area contributed by atoms with E-state index in [2.05, 4.69) is 29.5 Å². The highest BCUT2D eigenvalue weighted by molar-refractivity contribution is 7.98. The number of aromatic nitrogens is 1. The molecule has 1 heterocycles. The second kappa shape index (κ2) is 8.54. The van der Waals surface area contributed by atoms with Gasteiger partial charge in [-0.25, -0.2) is 0 Å². The number of pyridine rings is 1. The number of carbonyl (C=O) groups excluding carboxylic acids is 1. The van der Waals surface area contributed by atoms with E-state index in [0.29, 0.717) is 22.3 Å². The van der Waals surface area contributed by atoms with Gasteiger partial charge in [-0.05, 0) is 67.3 Å². The zero-order chi connectivity index (χ0) is 18.4. The Hall–Kier alpha value is -2.79. The lowest BCUT2D eigenvalue weighted by atomic mass is 10.1. The third-order valence-electron chi connectivity index (χ3n) is 3.95. The normalized spacial score (nSPS) is 11.6. The number of carbonyl (C=O) groups is 1. The van der Waals surface area contributed by atoms with E-state index in [9.17, 15) is 4.79 Å². The van der Waals surface area contributed by atoms with Crippen LogP contribution >= 0.6 is 11.8 Å². The second-order valence-corrected chi connectivity index (χ2v) is 6.95. The maximum Gasteiger partial charge on any atom is 0.255 e. The molecule has 3 rings (SSSR count). The number of amides is 1. The highest BCUT2D eigenvalue weighted by Crippen LogP contribution is 2.27. The van der Waals surface area contributed by atoms with Crippen molar-refractivity contribution < 1.29 is 9.53 Å². The van der Waals surface area contributed by atoms with Crippen LogP contribution in [0.2, 0.25) is 0 Å². The number of rotatable bonds is 6. The van der Waals surface area contributed by atoms with Crippen LogP contribution in [0, 0.1) is 0 Å². The Morgan fingerprint density at radius 1 is 1.08 bits per heavy atom. The molecule has 0 aliphatic rings. The van der Waals surface area contributed by atoms with E-state index >= 15 is 0 Å². The van der Waals surface area contributed by atoms with Gasteiger partial charge in [-0.3, -0.25) is 9.78 Å². The Bertz CT molecular complexity index is 867. The number of thioether (sulfide) groups is 1. The Labute approximate surface area is 157 Å². The summed E-state index contributed by atoms with van der Waals surface area (Å²) in [7, 11) is 0. The standard InChI is InChI=1S/C21H20N2O2S/c1-15(26-2)17-5-3-6-18(13-17)23-21(24)16-8-10-19(11-9-16)25-20-7-4-12-22-14-20/h3-15H,1-2H3,(H,23,24). The molecule has 1 atom stereocenters. The Morgan fingerprint density at radius 3 is 2.58 bits per heavy atom. The average Bonchev–Trinajstić information content (AvgIpc) is 2.69. The molecule has 0 fully saturated rings. The van der Waals surface area contributed by atoms with Gasteiger partial charge in [0.25, 0.3) is 5.91 Å². The van der Waals surface area contributed by atoms with Crippen LogP contribution in [0.25, 0.3) is 0 Å². The monoisotopic (exact) mass is 364 g/mol. The summed E-state index contributed by atoms with van der Waals surface area (Å²) in [5.74, 6) is 1.17. The molecule has 0 aliphatic carbocycles. The van der Waals surface area contributed by atoms with E-state index in [-0.39, 0.29) is 5.91 Å². The molecule has 1 aromatic heterocycles. The lowest BCUT2D eigenvalue weighted by molar-refractivity contribution is 0.102. The molecule has 0 spiro atoms. The molecule has 0 radical (unpaired) electrons. The first-order valence-electron chi connectivity index (χ1n) is 8.28. The van der Waals surface area contributed by atoms with Crippen LogP contribution in [0.3, 0.4) is 0 Å². The first-order valence-corrected chi connectivity index (χ1v) is 9.56. The van der Waals surface area contributed by atoms with Gasteiger partial charge in [0.2, 0.25) is 0 Å². The van der Waals surface area contributed by atoms with Gasteiger partial charge in [0.1, 0.15) is 11.5 Å². The third-order valence-corrected chi connectivity index (χ3v) is 4.93. The highest BCUT2D eigenvalue weighted by atomic mass is 32.2. The predicted molar refractivity (Wildman–Crippen MR) is 107 cm³/mol. The molecule has 1 N–H and O–H groups in total. The Balaban J connectivity index is 1.67. The molecular formula is C21H20N2O2S. The van der Waals surface area contributed by atoms with Crippen molar-refractivity contribution in [3.8, 4) is 11.5 Å². The van der Waals surface area contributed by atoms with Crippen molar-refractivity contribution in [1.82, 2.24) is 4.98 Å². The zero-order valence-electron chi connectivity index (χ0n) is 14.7. The summed E-state index contributed by atoms with van der Waals surface area (Å²) in [5.41, 5.74) is 2.56. The Morgan fingerprint density at radius 2 is 1.88 bits per heavy atom. The van der Waals surface area contributed by atoms with E-state index in [4.69, 9.17) is 4.74 Å². The zero-order valence-corrected chi connectivity index (χ0v) is 15.5. The number of anilines is 1. The predicted octanol–water partition coefficient (Wildman–Crippen LogP) is 5.55. The molecule has 5 heteroatoms. The molecule has 3 aromatic rings. The summed E-state index contributed by atoms with van der Waals surface area (Å²) < 4.78 is 5.69. The van der Waals surface area contributed by atoms with Crippen molar-refractivity contribution in [1.29, 1.82) is 0 Å². The molecule has 2 aromatic carbocycles. The topological polar surface area (TPSA) is 51.2 Å². The van der Waals surface area contributed by atoms with Gasteiger partial charge in [-0.1, -0.05) is 12.1 Å². The fraction of sp³-hybridized carbons (Fsp3) is 0.143. The second-order valence-electron chi connectivity index (χ2n) is 5.77. The molecule has 0 bridgehead atoms. The molecular weight excluding hydrogens is 344 g/mol. The lowest BCUT2D eigenvalue weighted by Gasteiger charge is -2.11. The molecule has 0 saturated heterocycles. The molecule has 26 heavy (non-hydrogen) atoms. The van der Waals surface area contributed by atoms with Crippen molar-refractivity contribution in [2.75, 3.05) is 11.6 Å². The summed E-state index contributed by atoms with van der Waals surface area (Å²) in [6.45, 7) is 2.15. The fourth-order valence-electron chi connectivity index (χ4n) is 2.43. The largest absolute Gasteiger partial charge is 0.456 e. The number of nitrogens with zero attached hydrogens (tertiary/aromatic N) is 1. The van der Waals surface area contributed by atoms with Gasteiger partial charge in [0, 0.05) is 22.7 Å². The first kappa shape index (κ1) is 18.0. The van der Waals surface area contributed by atoms with Gasteiger partial charge in [-0.2, -0.15) is 11.8 Å². The number of nitrogens with one attached hydrogen (secondary N) is 1. The first-order chi connectivity index (χ1) is 12.7. The van der Waals surface area contributed by atoms with Gasteiger partial charge in [0.05, 0.1) is 6.20 Å². The molecule has 132 valence electrons. The van der Waals surface area contributed by atoms with E-state index in [1.54, 1.807) is 48.4 Å². The van der Waals surface area contributed by atoms with E-state index in [1.165, 1.54) is 5.56 Å². The summed E-state index contributed by atoms with van der Waals surface area (Å²) in [5, 5.41) is 3.33. The van der Waals surface area contributed by atoms with Crippen molar-refractivity contribution >= 4 is 23.4 Å². The smallest absolute Gasteiger partial charge is 0.255 e. The molecule has 0 saturated carbocycles. The summed E-state index contributed by atoms with van der Waals surface area (Å²) >= 11 is 1.77. The van der Waals surface area contributed by atoms with Crippen LogP contribution in [0.5, 0.6) is 11.5 Å².